The van der Waals surface area contributed by atoms with Gasteiger partial charge in [-0.25, -0.2) is 18.4 Å². The van der Waals surface area contributed by atoms with E-state index < -0.39 is 10.0 Å². The molecule has 0 saturated heterocycles. The number of ether oxygens (including phenoxy) is 2. The van der Waals surface area contributed by atoms with Gasteiger partial charge in [-0.05, 0) is 86.5 Å². The van der Waals surface area contributed by atoms with E-state index in [-0.39, 0.29) is 29.5 Å². The van der Waals surface area contributed by atoms with E-state index in [4.69, 9.17) is 9.47 Å². The first kappa shape index (κ1) is 25.0. The van der Waals surface area contributed by atoms with Gasteiger partial charge in [0, 0.05) is 18.5 Å². The largest absolute Gasteiger partial charge is 0.464 e. The number of nitrogens with one attached hydrogen (secondary N) is 1. The van der Waals surface area contributed by atoms with Crippen molar-refractivity contribution in [2.24, 2.45) is 23.2 Å². The molecule has 4 fully saturated rings. The molecule has 4 saturated carbocycles. The number of fused-ring (bicyclic) bond motifs is 1. The Labute approximate surface area is 229 Å². The number of amides is 1. The highest BCUT2D eigenvalue weighted by molar-refractivity contribution is 7.92. The van der Waals surface area contributed by atoms with Gasteiger partial charge in [0.1, 0.15) is 24.7 Å². The van der Waals surface area contributed by atoms with Crippen molar-refractivity contribution < 1.29 is 22.7 Å². The molecule has 10 heteroatoms. The zero-order valence-corrected chi connectivity index (χ0v) is 22.8. The summed E-state index contributed by atoms with van der Waals surface area (Å²) >= 11 is 0. The summed E-state index contributed by atoms with van der Waals surface area (Å²) in [5, 5.41) is 2.83. The van der Waals surface area contributed by atoms with Crippen LogP contribution >= 0.6 is 0 Å². The van der Waals surface area contributed by atoms with Crippen molar-refractivity contribution in [2.45, 2.75) is 70.8 Å². The van der Waals surface area contributed by atoms with E-state index in [0.29, 0.717) is 30.1 Å². The molecule has 1 aromatic heterocycles. The maximum absolute atomic E-state index is 13.5. The molecular formula is C29H34N4O5S. The zero-order chi connectivity index (χ0) is 26.6. The molecule has 0 spiro atoms. The molecular weight excluding hydrogens is 516 g/mol. The molecule has 4 bridgehead atoms. The highest BCUT2D eigenvalue weighted by Crippen LogP contribution is 2.61. The molecule has 39 heavy (non-hydrogen) atoms. The predicted molar refractivity (Wildman–Crippen MR) is 144 cm³/mol. The van der Waals surface area contributed by atoms with Gasteiger partial charge in [-0.2, -0.15) is 4.31 Å². The van der Waals surface area contributed by atoms with E-state index in [1.54, 1.807) is 0 Å². The normalized spacial score (nSPS) is 31.4. The average molecular weight is 551 g/mol. The quantitative estimate of drug-likeness (QED) is 0.548. The molecule has 1 aromatic rings. The van der Waals surface area contributed by atoms with Crippen LogP contribution in [0.5, 0.6) is 0 Å². The third-order valence-corrected chi connectivity index (χ3v) is 11.1. The summed E-state index contributed by atoms with van der Waals surface area (Å²) in [6.45, 7) is 0.301. The van der Waals surface area contributed by atoms with Crippen LogP contribution in [0.25, 0.3) is 0 Å². The van der Waals surface area contributed by atoms with Crippen molar-refractivity contribution in [2.75, 3.05) is 11.9 Å². The molecule has 0 aromatic carbocycles. The number of hydrogen-bond donors (Lipinski definition) is 1. The van der Waals surface area contributed by atoms with Crippen LogP contribution in [0.1, 0.15) is 69.0 Å². The Morgan fingerprint density at radius 3 is 2.56 bits per heavy atom. The average Bonchev–Trinajstić information content (AvgIpc) is 2.92. The van der Waals surface area contributed by atoms with E-state index in [0.717, 1.165) is 48.0 Å². The Kier molecular flexibility index (Phi) is 6.15. The van der Waals surface area contributed by atoms with Gasteiger partial charge in [0.15, 0.2) is 5.76 Å². The number of carbonyl (C=O) groups is 1. The lowest BCUT2D eigenvalue weighted by molar-refractivity contribution is -0.124. The van der Waals surface area contributed by atoms with Crippen molar-refractivity contribution in [1.29, 1.82) is 0 Å². The Balaban J connectivity index is 1.03. The van der Waals surface area contributed by atoms with Gasteiger partial charge >= 0.3 is 0 Å². The summed E-state index contributed by atoms with van der Waals surface area (Å²) < 4.78 is 39.5. The summed E-state index contributed by atoms with van der Waals surface area (Å²) in [6.07, 6.45) is 20.0. The van der Waals surface area contributed by atoms with E-state index in [2.05, 4.69) is 15.3 Å². The molecule has 0 radical (unpaired) electrons. The topological polar surface area (TPSA) is 111 Å². The van der Waals surface area contributed by atoms with Crippen LogP contribution in [-0.2, 0) is 37.3 Å². The minimum atomic E-state index is -3.95. The van der Waals surface area contributed by atoms with Gasteiger partial charge in [-0.15, -0.1) is 0 Å². The minimum absolute atomic E-state index is 0.0111. The third-order valence-electron chi connectivity index (χ3n) is 9.40. The monoisotopic (exact) mass is 550 g/mol. The maximum atomic E-state index is 13.5. The van der Waals surface area contributed by atoms with Crippen LogP contribution in [0.2, 0.25) is 0 Å². The number of rotatable bonds is 6. The molecule has 7 aliphatic rings. The Bertz CT molecular complexity index is 1390. The first-order valence-corrected chi connectivity index (χ1v) is 15.5. The summed E-state index contributed by atoms with van der Waals surface area (Å²) in [6, 6.07) is 0. The van der Waals surface area contributed by atoms with Gasteiger partial charge in [-0.1, -0.05) is 18.2 Å². The van der Waals surface area contributed by atoms with E-state index in [1.165, 1.54) is 55.4 Å². The summed E-state index contributed by atoms with van der Waals surface area (Å²) in [7, 11) is -3.95. The number of hydrogen-bond acceptors (Lipinski definition) is 7. The standard InChI is InChI=1S/C29H34N4O5S/c34-26(14-29-11-19-8-20(12-29)10-21(9-19)13-29)32-28-23-6-7-33(15-24(23)30-18-31-28)39(35,36)27-17-37-16-25(38-27)22-4-2-1-3-5-22/h1-2,4,16-21H,3,5-15H2,(H,30,31,32,34). The number of carbonyl (C=O) groups excluding carboxylic acids is 1. The van der Waals surface area contributed by atoms with Crippen LogP contribution < -0.4 is 5.32 Å². The summed E-state index contributed by atoms with van der Waals surface area (Å²) in [5.74, 6) is 3.30. The van der Waals surface area contributed by atoms with E-state index in [9.17, 15) is 13.2 Å². The maximum Gasteiger partial charge on any atom is 0.280 e. The second-order valence-corrected chi connectivity index (χ2v) is 14.1. The molecule has 0 unspecified atom stereocenters. The molecule has 206 valence electrons. The first-order valence-electron chi connectivity index (χ1n) is 14.1. The van der Waals surface area contributed by atoms with Crippen molar-refractivity contribution in [1.82, 2.24) is 14.3 Å². The number of allylic oxidation sites excluding steroid dienone is 4. The first-order chi connectivity index (χ1) is 18.9. The minimum Gasteiger partial charge on any atom is -0.464 e. The van der Waals surface area contributed by atoms with Crippen LogP contribution in [0.3, 0.4) is 0 Å². The number of sulfonamides is 1. The smallest absolute Gasteiger partial charge is 0.280 e. The van der Waals surface area contributed by atoms with E-state index >= 15 is 0 Å². The molecule has 9 nitrogen and oxygen atoms in total. The van der Waals surface area contributed by atoms with Crippen LogP contribution in [0.4, 0.5) is 5.82 Å². The van der Waals surface area contributed by atoms with Crippen LogP contribution in [-0.4, -0.2) is 35.1 Å². The fourth-order valence-electron chi connectivity index (χ4n) is 8.16. The molecule has 0 atom stereocenters. The van der Waals surface area contributed by atoms with Crippen LogP contribution in [0, 0.1) is 23.2 Å². The number of nitrogens with zero attached hydrogens (tertiary/aromatic N) is 3. The second kappa shape index (κ2) is 9.59. The molecule has 8 rings (SSSR count). The second-order valence-electron chi connectivity index (χ2n) is 12.2. The Hall–Kier alpha value is -2.98. The molecule has 2 aliphatic heterocycles. The Morgan fingerprint density at radius 2 is 1.85 bits per heavy atom. The van der Waals surface area contributed by atoms with Crippen molar-refractivity contribution in [3.8, 4) is 0 Å². The van der Waals surface area contributed by atoms with Gasteiger partial charge in [0.2, 0.25) is 5.91 Å². The molecule has 1 N–H and O–H groups in total. The zero-order valence-electron chi connectivity index (χ0n) is 22.0. The van der Waals surface area contributed by atoms with Crippen molar-refractivity contribution >= 4 is 21.7 Å². The van der Waals surface area contributed by atoms with Crippen molar-refractivity contribution in [3.63, 3.8) is 0 Å². The molecule has 5 aliphatic carbocycles. The SMILES string of the molecule is O=C(CC12CC3CC(CC(C3)C1)C2)Nc1ncnc2c1CCN(S(=O)(=O)C1=COC=C(C3=CC=CCC3)O1)C2. The lowest BCUT2D eigenvalue weighted by atomic mass is 9.49. The molecule has 3 heterocycles. The highest BCUT2D eigenvalue weighted by atomic mass is 32.2. The van der Waals surface area contributed by atoms with Crippen LogP contribution in [0.15, 0.2) is 53.5 Å². The van der Waals surface area contributed by atoms with Gasteiger partial charge in [0.25, 0.3) is 15.1 Å². The van der Waals surface area contributed by atoms with Crippen molar-refractivity contribution in [3.05, 3.63) is 64.8 Å². The predicted octanol–water partition coefficient (Wildman–Crippen LogP) is 4.67. The van der Waals surface area contributed by atoms with Gasteiger partial charge < -0.3 is 14.8 Å². The lowest BCUT2D eigenvalue weighted by Crippen LogP contribution is -2.47. The van der Waals surface area contributed by atoms with Gasteiger partial charge in [-0.3, -0.25) is 4.79 Å². The lowest BCUT2D eigenvalue weighted by Gasteiger charge is -2.56. The fraction of sp³-hybridized carbons (Fsp3) is 0.552. The Morgan fingerprint density at radius 1 is 1.08 bits per heavy atom. The van der Waals surface area contributed by atoms with Gasteiger partial charge in [0.05, 0.1) is 12.2 Å². The summed E-state index contributed by atoms with van der Waals surface area (Å²) in [5.41, 5.74) is 2.43. The fourth-order valence-corrected chi connectivity index (χ4v) is 9.41. The third kappa shape index (κ3) is 4.71. The highest BCUT2D eigenvalue weighted by Gasteiger charge is 2.51. The summed E-state index contributed by atoms with van der Waals surface area (Å²) in [4.78, 5) is 22.0. The van der Waals surface area contributed by atoms with E-state index in [1.807, 2.05) is 18.2 Å². The molecule has 1 amide bonds. The number of aromatic nitrogens is 2. The number of anilines is 1.